The van der Waals surface area contributed by atoms with E-state index in [2.05, 4.69) is 32.9 Å². The Labute approximate surface area is 151 Å². The lowest BCUT2D eigenvalue weighted by atomic mass is 9.79. The van der Waals surface area contributed by atoms with Crippen molar-refractivity contribution in [2.45, 2.75) is 59.3 Å². The molecular weight excluding hydrogens is 308 g/mol. The fourth-order valence-electron chi connectivity index (χ4n) is 3.69. The minimum atomic E-state index is -0.282. The number of hydrogen-bond donors (Lipinski definition) is 0. The van der Waals surface area contributed by atoms with E-state index in [1.807, 2.05) is 31.2 Å². The molecule has 0 unspecified atom stereocenters. The smallest absolute Gasteiger partial charge is 0.343 e. The zero-order valence-electron chi connectivity index (χ0n) is 15.8. The molecule has 0 saturated heterocycles. The van der Waals surface area contributed by atoms with Crippen LogP contribution in [0.1, 0.15) is 71.1 Å². The fourth-order valence-corrected chi connectivity index (χ4v) is 3.69. The Morgan fingerprint density at radius 2 is 1.52 bits per heavy atom. The molecule has 3 rings (SSSR count). The van der Waals surface area contributed by atoms with Gasteiger partial charge in [-0.05, 0) is 85.9 Å². The highest BCUT2D eigenvalue weighted by atomic mass is 16.5. The first-order chi connectivity index (χ1) is 12.0. The summed E-state index contributed by atoms with van der Waals surface area (Å²) in [5.41, 5.74) is 5.38. The molecule has 0 aliphatic heterocycles. The quantitative estimate of drug-likeness (QED) is 0.498. The maximum absolute atomic E-state index is 12.5. The van der Waals surface area contributed by atoms with Crippen molar-refractivity contribution in [2.24, 2.45) is 5.92 Å². The van der Waals surface area contributed by atoms with Gasteiger partial charge in [-0.25, -0.2) is 4.79 Å². The minimum absolute atomic E-state index is 0.282. The molecule has 2 aromatic rings. The molecule has 1 aliphatic rings. The third-order valence-electron chi connectivity index (χ3n) is 5.84. The number of esters is 1. The minimum Gasteiger partial charge on any atom is -0.423 e. The van der Waals surface area contributed by atoms with E-state index in [9.17, 15) is 4.79 Å². The second-order valence-corrected chi connectivity index (χ2v) is 7.60. The van der Waals surface area contributed by atoms with Crippen LogP contribution in [0, 0.1) is 26.7 Å². The second kappa shape index (κ2) is 7.43. The summed E-state index contributed by atoms with van der Waals surface area (Å²) in [6.07, 6.45) is 5.13. The topological polar surface area (TPSA) is 26.3 Å². The molecule has 0 bridgehead atoms. The van der Waals surface area contributed by atoms with Gasteiger partial charge in [0.2, 0.25) is 0 Å². The van der Waals surface area contributed by atoms with E-state index < -0.39 is 0 Å². The van der Waals surface area contributed by atoms with Gasteiger partial charge in [0.15, 0.2) is 0 Å². The van der Waals surface area contributed by atoms with Gasteiger partial charge in [-0.3, -0.25) is 0 Å². The fraction of sp³-hybridized carbons (Fsp3) is 0.435. The molecular formula is C23H28O2. The molecule has 1 fully saturated rings. The lowest BCUT2D eigenvalue weighted by molar-refractivity contribution is 0.0733. The molecule has 2 nitrogen and oxygen atoms in total. The van der Waals surface area contributed by atoms with Crippen molar-refractivity contribution in [3.8, 4) is 5.75 Å². The van der Waals surface area contributed by atoms with Crippen LogP contribution in [-0.2, 0) is 0 Å². The summed E-state index contributed by atoms with van der Waals surface area (Å²) in [6, 6.07) is 11.9. The van der Waals surface area contributed by atoms with Crippen LogP contribution in [0.3, 0.4) is 0 Å². The van der Waals surface area contributed by atoms with Crippen molar-refractivity contribution >= 4 is 5.97 Å². The highest BCUT2D eigenvalue weighted by Gasteiger charge is 2.20. The van der Waals surface area contributed by atoms with E-state index >= 15 is 0 Å². The summed E-state index contributed by atoms with van der Waals surface area (Å²) in [5, 5.41) is 0. The maximum Gasteiger partial charge on any atom is 0.343 e. The Kier molecular flexibility index (Phi) is 5.27. The largest absolute Gasteiger partial charge is 0.423 e. The second-order valence-electron chi connectivity index (χ2n) is 7.60. The lowest BCUT2D eigenvalue weighted by Crippen LogP contribution is -2.12. The van der Waals surface area contributed by atoms with E-state index in [0.717, 1.165) is 11.5 Å². The summed E-state index contributed by atoms with van der Waals surface area (Å²) < 4.78 is 5.63. The van der Waals surface area contributed by atoms with Crippen molar-refractivity contribution < 1.29 is 9.53 Å². The lowest BCUT2D eigenvalue weighted by Gasteiger charge is -2.26. The van der Waals surface area contributed by atoms with Gasteiger partial charge in [0, 0.05) is 0 Å². The summed E-state index contributed by atoms with van der Waals surface area (Å²) in [6.45, 7) is 8.46. The predicted molar refractivity (Wildman–Crippen MR) is 102 cm³/mol. The highest BCUT2D eigenvalue weighted by Crippen LogP contribution is 2.35. The molecule has 0 heterocycles. The van der Waals surface area contributed by atoms with Crippen molar-refractivity contribution in [2.75, 3.05) is 0 Å². The normalized spacial score (nSPS) is 20.3. The molecule has 0 aromatic heterocycles. The molecule has 25 heavy (non-hydrogen) atoms. The molecule has 0 atom stereocenters. The molecule has 1 saturated carbocycles. The number of rotatable bonds is 3. The van der Waals surface area contributed by atoms with E-state index in [1.54, 1.807) is 0 Å². The van der Waals surface area contributed by atoms with Crippen LogP contribution in [0.5, 0.6) is 5.75 Å². The van der Waals surface area contributed by atoms with E-state index in [0.29, 0.717) is 17.2 Å². The molecule has 1 aliphatic carbocycles. The van der Waals surface area contributed by atoms with Crippen LogP contribution in [0.25, 0.3) is 0 Å². The van der Waals surface area contributed by atoms with Gasteiger partial charge in [-0.15, -0.1) is 0 Å². The summed E-state index contributed by atoms with van der Waals surface area (Å²) in [5.74, 6) is 1.86. The number of benzene rings is 2. The summed E-state index contributed by atoms with van der Waals surface area (Å²) >= 11 is 0. The number of hydrogen-bond acceptors (Lipinski definition) is 2. The van der Waals surface area contributed by atoms with E-state index in [4.69, 9.17) is 4.74 Å². The van der Waals surface area contributed by atoms with Gasteiger partial charge < -0.3 is 4.74 Å². The van der Waals surface area contributed by atoms with Gasteiger partial charge in [-0.1, -0.05) is 38.0 Å². The van der Waals surface area contributed by atoms with Crippen LogP contribution in [0.2, 0.25) is 0 Å². The Bertz CT molecular complexity index is 750. The first kappa shape index (κ1) is 17.7. The standard InChI is InChI=1S/C23H28O2/c1-15-5-8-19(9-6-15)20-10-12-21(13-11-20)23(24)25-22-14-7-16(2)17(3)18(22)4/h7,10-15,19H,5-6,8-9H2,1-4H3. The molecule has 0 N–H and O–H groups in total. The summed E-state index contributed by atoms with van der Waals surface area (Å²) in [4.78, 5) is 12.5. The zero-order valence-corrected chi connectivity index (χ0v) is 15.8. The van der Waals surface area contributed by atoms with Crippen molar-refractivity contribution in [1.82, 2.24) is 0 Å². The Hall–Kier alpha value is -2.09. The number of ether oxygens (including phenoxy) is 1. The van der Waals surface area contributed by atoms with Crippen molar-refractivity contribution in [3.63, 3.8) is 0 Å². The number of carbonyl (C=O) groups excluding carboxylic acids is 1. The van der Waals surface area contributed by atoms with Crippen molar-refractivity contribution in [3.05, 3.63) is 64.2 Å². The molecule has 2 aromatic carbocycles. The molecule has 132 valence electrons. The number of aryl methyl sites for hydroxylation is 1. The van der Waals surface area contributed by atoms with Gasteiger partial charge in [0.05, 0.1) is 5.56 Å². The number of carbonyl (C=O) groups is 1. The zero-order chi connectivity index (χ0) is 18.0. The monoisotopic (exact) mass is 336 g/mol. The van der Waals surface area contributed by atoms with Crippen LogP contribution in [0.15, 0.2) is 36.4 Å². The van der Waals surface area contributed by atoms with Crippen LogP contribution in [0.4, 0.5) is 0 Å². The van der Waals surface area contributed by atoms with Gasteiger partial charge >= 0.3 is 5.97 Å². The SMILES string of the molecule is Cc1ccc(OC(=O)c2ccc(C3CCC(C)CC3)cc2)c(C)c1C. The van der Waals surface area contributed by atoms with E-state index in [1.165, 1.54) is 42.4 Å². The summed E-state index contributed by atoms with van der Waals surface area (Å²) in [7, 11) is 0. The van der Waals surface area contributed by atoms with Crippen molar-refractivity contribution in [1.29, 1.82) is 0 Å². The Morgan fingerprint density at radius 1 is 0.880 bits per heavy atom. The Morgan fingerprint density at radius 3 is 2.16 bits per heavy atom. The van der Waals surface area contributed by atoms with Gasteiger partial charge in [0.25, 0.3) is 0 Å². The van der Waals surface area contributed by atoms with Crippen LogP contribution >= 0.6 is 0 Å². The third kappa shape index (κ3) is 3.95. The molecule has 2 heteroatoms. The first-order valence-corrected chi connectivity index (χ1v) is 9.34. The molecule has 0 spiro atoms. The molecule has 0 radical (unpaired) electrons. The van der Waals surface area contributed by atoms with Crippen LogP contribution in [-0.4, -0.2) is 5.97 Å². The average Bonchev–Trinajstić information content (AvgIpc) is 2.63. The maximum atomic E-state index is 12.5. The Balaban J connectivity index is 1.70. The van der Waals surface area contributed by atoms with Crippen LogP contribution < -0.4 is 4.74 Å². The third-order valence-corrected chi connectivity index (χ3v) is 5.84. The molecule has 0 amide bonds. The van der Waals surface area contributed by atoms with Gasteiger partial charge in [-0.2, -0.15) is 0 Å². The average molecular weight is 336 g/mol. The highest BCUT2D eigenvalue weighted by molar-refractivity contribution is 5.91. The predicted octanol–water partition coefficient (Wildman–Crippen LogP) is 6.12. The first-order valence-electron chi connectivity index (χ1n) is 9.34. The van der Waals surface area contributed by atoms with Gasteiger partial charge in [0.1, 0.15) is 5.75 Å². The van der Waals surface area contributed by atoms with E-state index in [-0.39, 0.29) is 5.97 Å².